The molecule has 94 valence electrons. The highest BCUT2D eigenvalue weighted by atomic mass is 16.7. The van der Waals surface area contributed by atoms with Gasteiger partial charge in [-0.2, -0.15) is 0 Å². The van der Waals surface area contributed by atoms with Crippen LogP contribution >= 0.6 is 0 Å². The maximum Gasteiger partial charge on any atom is 0.171 e. The third-order valence-electron chi connectivity index (χ3n) is 3.66. The van der Waals surface area contributed by atoms with Crippen molar-refractivity contribution in [2.75, 3.05) is 21.3 Å². The molecule has 0 fully saturated rings. The normalized spacial score (nSPS) is 19.9. The molecule has 0 spiro atoms. The van der Waals surface area contributed by atoms with E-state index in [0.717, 1.165) is 6.42 Å². The Morgan fingerprint density at radius 3 is 2.59 bits per heavy atom. The Bertz CT molecular complexity index is 363. The van der Waals surface area contributed by atoms with Crippen LogP contribution in [-0.2, 0) is 15.9 Å². The highest BCUT2D eigenvalue weighted by Gasteiger charge is 2.30. The molecule has 3 heteroatoms. The largest absolute Gasteiger partial charge is 0.354 e. The van der Waals surface area contributed by atoms with E-state index in [4.69, 9.17) is 9.47 Å². The summed E-state index contributed by atoms with van der Waals surface area (Å²) in [4.78, 5) is 0. The first-order valence-electron chi connectivity index (χ1n) is 6.10. The van der Waals surface area contributed by atoms with Crippen LogP contribution in [0.25, 0.3) is 0 Å². The topological polar surface area (TPSA) is 30.5 Å². The van der Waals surface area contributed by atoms with E-state index in [0.29, 0.717) is 5.92 Å². The van der Waals surface area contributed by atoms with E-state index in [9.17, 15) is 0 Å². The molecule has 3 nitrogen and oxygen atoms in total. The molecule has 1 aromatic carbocycles. The number of fused-ring (bicyclic) bond motifs is 1. The van der Waals surface area contributed by atoms with Crippen LogP contribution in [0.15, 0.2) is 24.3 Å². The number of benzene rings is 1. The molecule has 0 saturated heterocycles. The number of methoxy groups -OCH3 is 2. The fourth-order valence-corrected chi connectivity index (χ4v) is 2.67. The summed E-state index contributed by atoms with van der Waals surface area (Å²) in [6, 6.07) is 8.90. The lowest BCUT2D eigenvalue weighted by Crippen LogP contribution is -2.42. The van der Waals surface area contributed by atoms with Gasteiger partial charge >= 0.3 is 0 Å². The van der Waals surface area contributed by atoms with Gasteiger partial charge in [0, 0.05) is 14.2 Å². The van der Waals surface area contributed by atoms with E-state index >= 15 is 0 Å². The molecule has 17 heavy (non-hydrogen) atoms. The lowest BCUT2D eigenvalue weighted by molar-refractivity contribution is -0.124. The lowest BCUT2D eigenvalue weighted by Gasteiger charge is -2.34. The van der Waals surface area contributed by atoms with E-state index < -0.39 is 0 Å². The second kappa shape index (κ2) is 5.63. The van der Waals surface area contributed by atoms with Crippen LogP contribution in [0.2, 0.25) is 0 Å². The molecular weight excluding hydrogens is 214 g/mol. The summed E-state index contributed by atoms with van der Waals surface area (Å²) in [5, 5.41) is 3.28. The number of ether oxygens (including phenoxy) is 2. The van der Waals surface area contributed by atoms with Crippen LogP contribution in [0.5, 0.6) is 0 Å². The molecule has 1 N–H and O–H groups in total. The van der Waals surface area contributed by atoms with E-state index in [1.54, 1.807) is 14.2 Å². The second-order valence-corrected chi connectivity index (χ2v) is 4.57. The molecule has 0 heterocycles. The number of hydrogen-bond donors (Lipinski definition) is 1. The van der Waals surface area contributed by atoms with Gasteiger partial charge in [0.1, 0.15) is 0 Å². The number of hydrogen-bond acceptors (Lipinski definition) is 3. The van der Waals surface area contributed by atoms with Gasteiger partial charge < -0.3 is 14.8 Å². The molecule has 0 aliphatic heterocycles. The Morgan fingerprint density at radius 2 is 2.00 bits per heavy atom. The summed E-state index contributed by atoms with van der Waals surface area (Å²) < 4.78 is 10.7. The SMILES string of the molecule is CNC(CC1Cc2ccccc21)C(OC)OC. The highest BCUT2D eigenvalue weighted by Crippen LogP contribution is 2.38. The molecule has 2 unspecified atom stereocenters. The minimum absolute atomic E-state index is 0.173. The van der Waals surface area contributed by atoms with Gasteiger partial charge in [-0.3, -0.25) is 0 Å². The molecule has 1 aliphatic carbocycles. The Labute approximate surface area is 103 Å². The number of nitrogens with one attached hydrogen (secondary N) is 1. The van der Waals surface area contributed by atoms with Gasteiger partial charge in [0.05, 0.1) is 6.04 Å². The zero-order valence-corrected chi connectivity index (χ0v) is 10.8. The van der Waals surface area contributed by atoms with Crippen molar-refractivity contribution >= 4 is 0 Å². The fourth-order valence-electron chi connectivity index (χ4n) is 2.67. The maximum absolute atomic E-state index is 5.33. The average Bonchev–Trinajstić information content (AvgIpc) is 2.34. The van der Waals surface area contributed by atoms with Crippen LogP contribution in [-0.4, -0.2) is 33.6 Å². The molecule has 2 atom stereocenters. The first-order valence-corrected chi connectivity index (χ1v) is 6.10. The van der Waals surface area contributed by atoms with Crippen LogP contribution in [0.1, 0.15) is 23.5 Å². The standard InChI is InChI=1S/C14H21NO2/c1-15-13(14(16-2)17-3)9-11-8-10-6-4-5-7-12(10)11/h4-7,11,13-15H,8-9H2,1-3H3. The molecule has 0 bridgehead atoms. The van der Waals surface area contributed by atoms with Crippen LogP contribution in [0.3, 0.4) is 0 Å². The second-order valence-electron chi connectivity index (χ2n) is 4.57. The van der Waals surface area contributed by atoms with Crippen molar-refractivity contribution in [3.8, 4) is 0 Å². The highest BCUT2D eigenvalue weighted by molar-refractivity contribution is 5.39. The monoisotopic (exact) mass is 235 g/mol. The fraction of sp³-hybridized carbons (Fsp3) is 0.571. The predicted molar refractivity (Wildman–Crippen MR) is 68.2 cm³/mol. The molecular formula is C14H21NO2. The Hall–Kier alpha value is -0.900. The van der Waals surface area contributed by atoms with Gasteiger partial charge in [-0.1, -0.05) is 24.3 Å². The van der Waals surface area contributed by atoms with E-state index in [1.807, 2.05) is 7.05 Å². The maximum atomic E-state index is 5.33. The van der Waals surface area contributed by atoms with E-state index in [1.165, 1.54) is 17.5 Å². The first kappa shape index (κ1) is 12.6. The first-order chi connectivity index (χ1) is 8.30. The quantitative estimate of drug-likeness (QED) is 0.764. The lowest BCUT2D eigenvalue weighted by atomic mass is 9.74. The summed E-state index contributed by atoms with van der Waals surface area (Å²) in [7, 11) is 5.33. The van der Waals surface area contributed by atoms with Crippen molar-refractivity contribution in [2.24, 2.45) is 0 Å². The molecule has 0 aromatic heterocycles. The van der Waals surface area contributed by atoms with Crippen LogP contribution in [0.4, 0.5) is 0 Å². The summed E-state index contributed by atoms with van der Waals surface area (Å²) in [6.07, 6.45) is 2.06. The van der Waals surface area contributed by atoms with Crippen molar-refractivity contribution in [1.82, 2.24) is 5.32 Å². The Kier molecular flexibility index (Phi) is 4.15. The summed E-state index contributed by atoms with van der Waals surface area (Å²) in [6.45, 7) is 0. The molecule has 0 amide bonds. The number of likely N-dealkylation sites (N-methyl/N-ethyl adjacent to an activating group) is 1. The van der Waals surface area contributed by atoms with Gasteiger partial charge in [0.15, 0.2) is 6.29 Å². The Balaban J connectivity index is 1.98. The van der Waals surface area contributed by atoms with Crippen molar-refractivity contribution in [1.29, 1.82) is 0 Å². The molecule has 1 aromatic rings. The van der Waals surface area contributed by atoms with Crippen LogP contribution < -0.4 is 5.32 Å². The van der Waals surface area contributed by atoms with E-state index in [2.05, 4.69) is 29.6 Å². The average molecular weight is 235 g/mol. The third-order valence-corrected chi connectivity index (χ3v) is 3.66. The summed E-state index contributed by atoms with van der Waals surface area (Å²) >= 11 is 0. The minimum Gasteiger partial charge on any atom is -0.354 e. The van der Waals surface area contributed by atoms with Gasteiger partial charge in [0.2, 0.25) is 0 Å². The molecule has 2 rings (SSSR count). The number of rotatable bonds is 6. The van der Waals surface area contributed by atoms with Crippen molar-refractivity contribution in [3.05, 3.63) is 35.4 Å². The smallest absolute Gasteiger partial charge is 0.171 e. The summed E-state index contributed by atoms with van der Waals surface area (Å²) in [5.74, 6) is 0.636. The molecule has 0 saturated carbocycles. The van der Waals surface area contributed by atoms with E-state index in [-0.39, 0.29) is 12.3 Å². The predicted octanol–water partition coefficient (Wildman–Crippen LogP) is 1.92. The van der Waals surface area contributed by atoms with Crippen LogP contribution in [0, 0.1) is 0 Å². The molecule has 0 radical (unpaired) electrons. The van der Waals surface area contributed by atoms with Crippen molar-refractivity contribution in [2.45, 2.75) is 31.1 Å². The van der Waals surface area contributed by atoms with Crippen molar-refractivity contribution in [3.63, 3.8) is 0 Å². The zero-order valence-electron chi connectivity index (χ0n) is 10.8. The van der Waals surface area contributed by atoms with Crippen molar-refractivity contribution < 1.29 is 9.47 Å². The minimum atomic E-state index is -0.173. The molecule has 1 aliphatic rings. The zero-order chi connectivity index (χ0) is 12.3. The van der Waals surface area contributed by atoms with Gasteiger partial charge in [0.25, 0.3) is 0 Å². The van der Waals surface area contributed by atoms with Gasteiger partial charge in [-0.05, 0) is 36.9 Å². The van der Waals surface area contributed by atoms with Gasteiger partial charge in [-0.25, -0.2) is 0 Å². The summed E-state index contributed by atoms with van der Waals surface area (Å²) in [5.41, 5.74) is 2.97. The third kappa shape index (κ3) is 2.51. The van der Waals surface area contributed by atoms with Gasteiger partial charge in [-0.15, -0.1) is 0 Å². The Morgan fingerprint density at radius 1 is 1.29 bits per heavy atom.